The molecule has 1 aliphatic rings. The first-order valence-corrected chi connectivity index (χ1v) is 9.96. The number of likely N-dealkylation sites (tertiary alicyclic amines) is 1. The lowest BCUT2D eigenvalue weighted by Crippen LogP contribution is -2.40. The zero-order chi connectivity index (χ0) is 20.5. The number of hydrogen-bond donors (Lipinski definition) is 0. The summed E-state index contributed by atoms with van der Waals surface area (Å²) >= 11 is 0. The number of benzene rings is 2. The van der Waals surface area contributed by atoms with Crippen LogP contribution in [0.5, 0.6) is 0 Å². The van der Waals surface area contributed by atoms with E-state index in [2.05, 4.69) is 4.98 Å². The molecular weight excluding hydrogens is 384 g/mol. The van der Waals surface area contributed by atoms with E-state index < -0.39 is 5.97 Å². The van der Waals surface area contributed by atoms with E-state index in [-0.39, 0.29) is 24.2 Å². The number of furan rings is 1. The van der Waals surface area contributed by atoms with Crippen LogP contribution in [0.25, 0.3) is 22.1 Å². The fourth-order valence-electron chi connectivity index (χ4n) is 3.81. The van der Waals surface area contributed by atoms with E-state index in [1.807, 2.05) is 42.5 Å². The highest BCUT2D eigenvalue weighted by molar-refractivity contribution is 5.93. The molecule has 5 rings (SSSR count). The Balaban J connectivity index is 1.15. The monoisotopic (exact) mass is 404 g/mol. The number of ether oxygens (including phenoxy) is 1. The van der Waals surface area contributed by atoms with E-state index in [1.54, 1.807) is 17.0 Å². The van der Waals surface area contributed by atoms with Gasteiger partial charge >= 0.3 is 5.97 Å². The summed E-state index contributed by atoms with van der Waals surface area (Å²) < 4.78 is 16.5. The molecule has 0 radical (unpaired) electrons. The second-order valence-corrected chi connectivity index (χ2v) is 7.40. The Hall–Kier alpha value is -3.61. The predicted molar refractivity (Wildman–Crippen MR) is 109 cm³/mol. The minimum Gasteiger partial charge on any atom is -0.450 e. The minimum atomic E-state index is -0.638. The molecule has 0 N–H and O–H groups in total. The van der Waals surface area contributed by atoms with Crippen molar-refractivity contribution in [2.24, 2.45) is 0 Å². The molecule has 0 saturated carbocycles. The molecule has 1 amide bonds. The first kappa shape index (κ1) is 18.4. The number of piperidine rings is 1. The van der Waals surface area contributed by atoms with Crippen molar-refractivity contribution in [1.29, 1.82) is 0 Å². The number of nitrogens with zero attached hydrogens (tertiary/aromatic N) is 2. The molecule has 0 spiro atoms. The highest BCUT2D eigenvalue weighted by Crippen LogP contribution is 2.30. The van der Waals surface area contributed by atoms with Gasteiger partial charge in [-0.05, 0) is 37.1 Å². The van der Waals surface area contributed by atoms with Gasteiger partial charge in [-0.2, -0.15) is 0 Å². The zero-order valence-electron chi connectivity index (χ0n) is 16.2. The lowest BCUT2D eigenvalue weighted by molar-refractivity contribution is -0.135. The Morgan fingerprint density at radius 3 is 2.50 bits per heavy atom. The fourth-order valence-corrected chi connectivity index (χ4v) is 3.81. The van der Waals surface area contributed by atoms with Crippen molar-refractivity contribution in [3.63, 3.8) is 0 Å². The van der Waals surface area contributed by atoms with Gasteiger partial charge in [0.15, 0.2) is 18.1 Å². The van der Waals surface area contributed by atoms with Crippen LogP contribution in [-0.4, -0.2) is 41.5 Å². The van der Waals surface area contributed by atoms with Crippen LogP contribution in [-0.2, 0) is 9.53 Å². The average molecular weight is 404 g/mol. The van der Waals surface area contributed by atoms with Crippen molar-refractivity contribution in [3.8, 4) is 0 Å². The average Bonchev–Trinajstić information content (AvgIpc) is 3.41. The summed E-state index contributed by atoms with van der Waals surface area (Å²) in [5.74, 6) is 0.147. The molecule has 2 aromatic carbocycles. The highest BCUT2D eigenvalue weighted by Gasteiger charge is 2.27. The van der Waals surface area contributed by atoms with Crippen molar-refractivity contribution >= 4 is 33.9 Å². The van der Waals surface area contributed by atoms with E-state index in [4.69, 9.17) is 13.6 Å². The van der Waals surface area contributed by atoms with E-state index >= 15 is 0 Å². The molecule has 0 unspecified atom stereocenters. The van der Waals surface area contributed by atoms with E-state index in [1.165, 1.54) is 0 Å². The molecule has 30 heavy (non-hydrogen) atoms. The molecule has 0 atom stereocenters. The van der Waals surface area contributed by atoms with E-state index in [0.29, 0.717) is 18.7 Å². The maximum atomic E-state index is 12.5. The molecule has 7 heteroatoms. The number of fused-ring (bicyclic) bond motifs is 2. The summed E-state index contributed by atoms with van der Waals surface area (Å²) in [7, 11) is 0. The number of carbonyl (C=O) groups is 2. The second-order valence-electron chi connectivity index (χ2n) is 7.40. The third-order valence-corrected chi connectivity index (χ3v) is 5.46. The van der Waals surface area contributed by atoms with Gasteiger partial charge in [-0.25, -0.2) is 9.78 Å². The van der Waals surface area contributed by atoms with E-state index in [0.717, 1.165) is 35.2 Å². The van der Waals surface area contributed by atoms with Crippen molar-refractivity contribution < 1.29 is 23.2 Å². The van der Waals surface area contributed by atoms with Crippen LogP contribution in [0.4, 0.5) is 0 Å². The summed E-state index contributed by atoms with van der Waals surface area (Å²) in [4.78, 5) is 31.0. The first-order valence-electron chi connectivity index (χ1n) is 9.96. The van der Waals surface area contributed by atoms with Crippen molar-refractivity contribution in [3.05, 3.63) is 66.2 Å². The number of hydrogen-bond acceptors (Lipinski definition) is 6. The van der Waals surface area contributed by atoms with Crippen LogP contribution in [0.3, 0.4) is 0 Å². The van der Waals surface area contributed by atoms with Gasteiger partial charge in [0.05, 0.1) is 0 Å². The van der Waals surface area contributed by atoms with Crippen LogP contribution < -0.4 is 0 Å². The summed E-state index contributed by atoms with van der Waals surface area (Å²) in [6.07, 6.45) is 1.52. The predicted octanol–water partition coefficient (Wildman–Crippen LogP) is 4.14. The van der Waals surface area contributed by atoms with Gasteiger partial charge in [-0.3, -0.25) is 4.79 Å². The van der Waals surface area contributed by atoms with Gasteiger partial charge in [0.1, 0.15) is 11.1 Å². The smallest absolute Gasteiger partial charge is 0.374 e. The van der Waals surface area contributed by atoms with Gasteiger partial charge in [0.2, 0.25) is 5.76 Å². The molecule has 152 valence electrons. The number of aromatic nitrogens is 1. The van der Waals surface area contributed by atoms with Crippen LogP contribution in [0.15, 0.2) is 63.4 Å². The third kappa shape index (κ3) is 3.54. The van der Waals surface area contributed by atoms with Crippen LogP contribution >= 0.6 is 0 Å². The quantitative estimate of drug-likeness (QED) is 0.475. The van der Waals surface area contributed by atoms with Crippen LogP contribution in [0.1, 0.15) is 35.2 Å². The summed E-state index contributed by atoms with van der Waals surface area (Å²) in [5, 5.41) is 0.817. The number of oxazole rings is 1. The lowest BCUT2D eigenvalue weighted by atomic mass is 9.97. The maximum absolute atomic E-state index is 12.5. The van der Waals surface area contributed by atoms with Crippen LogP contribution in [0.2, 0.25) is 0 Å². The minimum absolute atomic E-state index is 0.0960. The lowest BCUT2D eigenvalue weighted by Gasteiger charge is -2.30. The first-order chi connectivity index (χ1) is 14.7. The third-order valence-electron chi connectivity index (χ3n) is 5.46. The summed E-state index contributed by atoms with van der Waals surface area (Å²) in [6, 6.07) is 16.6. The molecule has 4 aromatic rings. The second kappa shape index (κ2) is 7.67. The van der Waals surface area contributed by atoms with Gasteiger partial charge in [0.25, 0.3) is 5.91 Å². The Bertz CT molecular complexity index is 1150. The fraction of sp³-hybridized carbons (Fsp3) is 0.261. The Labute approximate surface area is 172 Å². The van der Waals surface area contributed by atoms with Crippen molar-refractivity contribution in [2.75, 3.05) is 19.7 Å². The number of esters is 1. The van der Waals surface area contributed by atoms with Gasteiger partial charge in [-0.1, -0.05) is 30.3 Å². The Morgan fingerprint density at radius 1 is 1.00 bits per heavy atom. The SMILES string of the molecule is O=C(OCC(=O)N1CCC(c2nc3ccccc3o2)CC1)c1cc2ccccc2o1. The number of carbonyl (C=O) groups excluding carboxylic acids is 2. The highest BCUT2D eigenvalue weighted by atomic mass is 16.5. The Kier molecular flexibility index (Phi) is 4.71. The molecule has 1 saturated heterocycles. The zero-order valence-corrected chi connectivity index (χ0v) is 16.2. The van der Waals surface area contributed by atoms with Crippen molar-refractivity contribution in [1.82, 2.24) is 9.88 Å². The van der Waals surface area contributed by atoms with Crippen molar-refractivity contribution in [2.45, 2.75) is 18.8 Å². The van der Waals surface area contributed by atoms with E-state index in [9.17, 15) is 9.59 Å². The summed E-state index contributed by atoms with van der Waals surface area (Å²) in [6.45, 7) is 0.845. The van der Waals surface area contributed by atoms with Crippen LogP contribution in [0, 0.1) is 0 Å². The Morgan fingerprint density at radius 2 is 1.73 bits per heavy atom. The summed E-state index contributed by atoms with van der Waals surface area (Å²) in [5.41, 5.74) is 2.24. The normalized spacial score (nSPS) is 15.0. The molecule has 7 nitrogen and oxygen atoms in total. The molecule has 3 heterocycles. The molecule has 2 aromatic heterocycles. The largest absolute Gasteiger partial charge is 0.450 e. The molecule has 1 fully saturated rings. The maximum Gasteiger partial charge on any atom is 0.374 e. The number of amides is 1. The number of rotatable bonds is 4. The van der Waals surface area contributed by atoms with Gasteiger partial charge in [0, 0.05) is 24.4 Å². The standard InChI is InChI=1S/C23H20N2O5/c26-21(14-28-23(27)20-13-16-5-1-3-7-18(16)29-20)25-11-9-15(10-12-25)22-24-17-6-2-4-8-19(17)30-22/h1-8,13,15H,9-12,14H2. The molecule has 0 aliphatic carbocycles. The topological polar surface area (TPSA) is 85.8 Å². The van der Waals surface area contributed by atoms with Gasteiger partial charge < -0.3 is 18.5 Å². The molecule has 1 aliphatic heterocycles. The molecular formula is C23H20N2O5. The number of para-hydroxylation sites is 3. The molecule has 0 bridgehead atoms. The van der Waals surface area contributed by atoms with Gasteiger partial charge in [-0.15, -0.1) is 0 Å².